The Balaban J connectivity index is 1.44. The zero-order valence-corrected chi connectivity index (χ0v) is 14.3. The third-order valence-electron chi connectivity index (χ3n) is 5.26. The number of halogens is 2. The van der Waals surface area contributed by atoms with Gasteiger partial charge in [-0.15, -0.1) is 0 Å². The third-order valence-corrected chi connectivity index (χ3v) is 5.26. The van der Waals surface area contributed by atoms with E-state index in [4.69, 9.17) is 15.6 Å². The van der Waals surface area contributed by atoms with Crippen LogP contribution in [-0.2, 0) is 24.4 Å². The average molecular weight is 364 g/mol. The van der Waals surface area contributed by atoms with E-state index in [0.29, 0.717) is 19.6 Å². The lowest BCUT2D eigenvalue weighted by Crippen LogP contribution is -2.47. The molecule has 1 fully saturated rings. The van der Waals surface area contributed by atoms with E-state index in [9.17, 15) is 8.78 Å². The smallest absolute Gasteiger partial charge is 0.129 e. The van der Waals surface area contributed by atoms with Crippen molar-refractivity contribution in [2.45, 2.75) is 44.2 Å². The lowest BCUT2D eigenvalue weighted by molar-refractivity contribution is -0.0534. The summed E-state index contributed by atoms with van der Waals surface area (Å²) in [5, 5.41) is 13.4. The fourth-order valence-electron chi connectivity index (χ4n) is 3.93. The van der Waals surface area contributed by atoms with Gasteiger partial charge in [-0.25, -0.2) is 8.78 Å². The first kappa shape index (κ1) is 17.5. The molecule has 0 bridgehead atoms. The van der Waals surface area contributed by atoms with Crippen molar-refractivity contribution in [3.05, 3.63) is 52.9 Å². The van der Waals surface area contributed by atoms with Gasteiger partial charge >= 0.3 is 0 Å². The first-order valence-corrected chi connectivity index (χ1v) is 8.77. The minimum atomic E-state index is -0.642. The Morgan fingerprint density at radius 3 is 2.92 bits per heavy atom. The largest absolute Gasteiger partial charge is 0.394 e. The van der Waals surface area contributed by atoms with E-state index >= 15 is 0 Å². The van der Waals surface area contributed by atoms with Gasteiger partial charge in [-0.2, -0.15) is 5.10 Å². The predicted molar refractivity (Wildman–Crippen MR) is 90.0 cm³/mol. The van der Waals surface area contributed by atoms with Crippen molar-refractivity contribution in [1.29, 1.82) is 0 Å². The number of aliphatic hydroxyl groups excluding tert-OH is 1. The number of benzene rings is 1. The second kappa shape index (κ2) is 7.03. The van der Waals surface area contributed by atoms with Gasteiger partial charge < -0.3 is 15.6 Å². The molecule has 26 heavy (non-hydrogen) atoms. The molecule has 3 atom stereocenters. The summed E-state index contributed by atoms with van der Waals surface area (Å²) in [6.07, 6.45) is 1.83. The van der Waals surface area contributed by atoms with Gasteiger partial charge in [0.25, 0.3) is 0 Å². The topological polar surface area (TPSA) is 76.5 Å². The molecule has 0 amide bonds. The maximum absolute atomic E-state index is 14.0. The Bertz CT molecular complexity index is 797. The SMILES string of the molecule is N[C@H]1C[C@@H](N2Cc3cnn(CCO)c3C2)CO[C@@H]1c1cc(F)ccc1F. The first-order valence-electron chi connectivity index (χ1n) is 8.77. The summed E-state index contributed by atoms with van der Waals surface area (Å²) >= 11 is 0. The molecular weight excluding hydrogens is 342 g/mol. The van der Waals surface area contributed by atoms with Gasteiger partial charge in [0.15, 0.2) is 0 Å². The molecule has 140 valence electrons. The van der Waals surface area contributed by atoms with Gasteiger partial charge in [0.2, 0.25) is 0 Å². The highest BCUT2D eigenvalue weighted by Gasteiger charge is 2.37. The van der Waals surface area contributed by atoms with Crippen molar-refractivity contribution in [3.8, 4) is 0 Å². The molecule has 0 unspecified atom stereocenters. The molecule has 0 aliphatic carbocycles. The van der Waals surface area contributed by atoms with Crippen LogP contribution in [0.15, 0.2) is 24.4 Å². The third kappa shape index (κ3) is 3.14. The van der Waals surface area contributed by atoms with Crippen molar-refractivity contribution in [1.82, 2.24) is 14.7 Å². The number of fused-ring (bicyclic) bond motifs is 1. The molecule has 2 aliphatic rings. The van der Waals surface area contributed by atoms with Crippen LogP contribution in [-0.4, -0.2) is 45.1 Å². The van der Waals surface area contributed by atoms with Crippen LogP contribution in [0.25, 0.3) is 0 Å². The number of hydrogen-bond acceptors (Lipinski definition) is 5. The molecule has 0 spiro atoms. The number of hydrogen-bond donors (Lipinski definition) is 2. The molecule has 8 heteroatoms. The molecule has 3 heterocycles. The summed E-state index contributed by atoms with van der Waals surface area (Å²) in [5.74, 6) is -0.995. The van der Waals surface area contributed by atoms with E-state index in [1.807, 2.05) is 10.9 Å². The highest BCUT2D eigenvalue weighted by atomic mass is 19.1. The van der Waals surface area contributed by atoms with Gasteiger partial charge in [0, 0.05) is 36.3 Å². The van der Waals surface area contributed by atoms with Crippen molar-refractivity contribution in [2.24, 2.45) is 5.73 Å². The molecule has 1 aromatic carbocycles. The van der Waals surface area contributed by atoms with E-state index in [-0.39, 0.29) is 18.2 Å². The molecule has 2 aliphatic heterocycles. The predicted octanol–water partition coefficient (Wildman–Crippen LogP) is 1.33. The zero-order chi connectivity index (χ0) is 18.3. The summed E-state index contributed by atoms with van der Waals surface area (Å²) in [7, 11) is 0. The average Bonchev–Trinajstić information content (AvgIpc) is 3.19. The van der Waals surface area contributed by atoms with Gasteiger partial charge in [-0.1, -0.05) is 0 Å². The van der Waals surface area contributed by atoms with Crippen LogP contribution in [0.1, 0.15) is 29.3 Å². The highest BCUT2D eigenvalue weighted by Crippen LogP contribution is 2.34. The quantitative estimate of drug-likeness (QED) is 0.856. The van der Waals surface area contributed by atoms with Gasteiger partial charge in [-0.05, 0) is 24.6 Å². The fraction of sp³-hybridized carbons (Fsp3) is 0.500. The molecule has 1 aromatic heterocycles. The van der Waals surface area contributed by atoms with Gasteiger partial charge in [0.1, 0.15) is 17.7 Å². The molecule has 1 saturated heterocycles. The molecular formula is C18H22F2N4O2. The van der Waals surface area contributed by atoms with Crippen LogP contribution in [0, 0.1) is 11.6 Å². The van der Waals surface area contributed by atoms with E-state index in [2.05, 4.69) is 10.00 Å². The summed E-state index contributed by atoms with van der Waals surface area (Å²) in [6, 6.07) is 3.05. The summed E-state index contributed by atoms with van der Waals surface area (Å²) in [5.41, 5.74) is 8.68. The molecule has 0 saturated carbocycles. The fourth-order valence-corrected chi connectivity index (χ4v) is 3.93. The number of aliphatic hydroxyl groups is 1. The number of ether oxygens (including phenoxy) is 1. The number of rotatable bonds is 4. The summed E-state index contributed by atoms with van der Waals surface area (Å²) in [4.78, 5) is 2.26. The van der Waals surface area contributed by atoms with E-state index in [1.54, 1.807) is 0 Å². The van der Waals surface area contributed by atoms with Crippen molar-refractivity contribution in [3.63, 3.8) is 0 Å². The van der Waals surface area contributed by atoms with Crippen LogP contribution in [0.4, 0.5) is 8.78 Å². The molecule has 6 nitrogen and oxygen atoms in total. The summed E-state index contributed by atoms with van der Waals surface area (Å²) < 4.78 is 35.2. The second-order valence-electron chi connectivity index (χ2n) is 6.94. The lowest BCUT2D eigenvalue weighted by atomic mass is 9.93. The normalized spacial score (nSPS) is 26.2. The Labute approximate surface area is 150 Å². The maximum atomic E-state index is 14.0. The Hall–Kier alpha value is -1.87. The standard InChI is InChI=1S/C18H22F2N4O2/c19-12-1-2-15(20)14(5-12)18-16(21)6-13(10-26-18)23-8-11-7-22-24(3-4-25)17(11)9-23/h1-2,5,7,13,16,18,25H,3-4,6,8-10,21H2/t13-,16+,18-/m1/s1. The summed E-state index contributed by atoms with van der Waals surface area (Å²) in [6.45, 7) is 2.40. The van der Waals surface area contributed by atoms with Gasteiger partial charge in [0.05, 0.1) is 31.6 Å². The second-order valence-corrected chi connectivity index (χ2v) is 6.94. The van der Waals surface area contributed by atoms with E-state index in [0.717, 1.165) is 42.5 Å². The van der Waals surface area contributed by atoms with Crippen LogP contribution < -0.4 is 5.73 Å². The number of nitrogens with two attached hydrogens (primary N) is 1. The lowest BCUT2D eigenvalue weighted by Gasteiger charge is -2.38. The zero-order valence-electron chi connectivity index (χ0n) is 14.3. The van der Waals surface area contributed by atoms with Crippen LogP contribution in [0.5, 0.6) is 0 Å². The van der Waals surface area contributed by atoms with Crippen molar-refractivity contribution >= 4 is 0 Å². The van der Waals surface area contributed by atoms with E-state index in [1.165, 1.54) is 0 Å². The molecule has 0 radical (unpaired) electrons. The van der Waals surface area contributed by atoms with Crippen LogP contribution in [0.3, 0.4) is 0 Å². The van der Waals surface area contributed by atoms with Gasteiger partial charge in [-0.3, -0.25) is 9.58 Å². The minimum absolute atomic E-state index is 0.0480. The Morgan fingerprint density at radius 1 is 1.31 bits per heavy atom. The first-order chi connectivity index (χ1) is 12.6. The molecule has 3 N–H and O–H groups in total. The molecule has 4 rings (SSSR count). The van der Waals surface area contributed by atoms with Crippen LogP contribution in [0.2, 0.25) is 0 Å². The monoisotopic (exact) mass is 364 g/mol. The van der Waals surface area contributed by atoms with Crippen molar-refractivity contribution in [2.75, 3.05) is 13.2 Å². The maximum Gasteiger partial charge on any atom is 0.129 e. The number of aromatic nitrogens is 2. The Kier molecular flexibility index (Phi) is 4.74. The van der Waals surface area contributed by atoms with Crippen LogP contribution >= 0.6 is 0 Å². The molecule has 2 aromatic rings. The number of nitrogens with zero attached hydrogens (tertiary/aromatic N) is 3. The van der Waals surface area contributed by atoms with E-state index < -0.39 is 23.8 Å². The Morgan fingerprint density at radius 2 is 2.15 bits per heavy atom. The highest BCUT2D eigenvalue weighted by molar-refractivity contribution is 5.25. The minimum Gasteiger partial charge on any atom is -0.394 e. The van der Waals surface area contributed by atoms with Crippen molar-refractivity contribution < 1.29 is 18.6 Å².